The van der Waals surface area contributed by atoms with Gasteiger partial charge in [-0.1, -0.05) is 6.07 Å². The predicted octanol–water partition coefficient (Wildman–Crippen LogP) is 0.805. The van der Waals surface area contributed by atoms with E-state index in [0.717, 1.165) is 5.39 Å². The lowest BCUT2D eigenvalue weighted by Gasteiger charge is -2.07. The molecular weight excluding hydrogens is 312 g/mol. The van der Waals surface area contributed by atoms with Gasteiger partial charge in [-0.05, 0) is 11.4 Å². The van der Waals surface area contributed by atoms with Crippen molar-refractivity contribution in [1.29, 1.82) is 0 Å². The highest BCUT2D eigenvalue weighted by Gasteiger charge is 2.13. The van der Waals surface area contributed by atoms with Gasteiger partial charge in [-0.25, -0.2) is 23.1 Å². The Morgan fingerprint density at radius 2 is 2.19 bits per heavy atom. The van der Waals surface area contributed by atoms with E-state index in [4.69, 9.17) is 0 Å². The Kier molecular flexibility index (Phi) is 3.82. The maximum absolute atomic E-state index is 11.9. The molecule has 0 aliphatic rings. The molecule has 3 aromatic heterocycles. The Morgan fingerprint density at radius 3 is 3.00 bits per heavy atom. The number of aromatic amines is 1. The largest absolute Gasteiger partial charge is 0.368 e. The second-order valence-corrected chi connectivity index (χ2v) is 7.05. The standard InChI is InChI=1S/C11H12N6O2S2/c18-21(19,9-2-1-5-20-9)16-4-3-12-10-8-6-15-17-11(8)14-7-13-10/h1-2,5-7,16H,3-4H2,(H2,12,13,14,15,17). The van der Waals surface area contributed by atoms with E-state index in [1.54, 1.807) is 23.7 Å². The number of fused-ring (bicyclic) bond motifs is 1. The number of hydrogen-bond donors (Lipinski definition) is 3. The van der Waals surface area contributed by atoms with Gasteiger partial charge in [-0.2, -0.15) is 5.10 Å². The fraction of sp³-hybridized carbons (Fsp3) is 0.182. The fourth-order valence-corrected chi connectivity index (χ4v) is 3.83. The minimum atomic E-state index is -3.43. The summed E-state index contributed by atoms with van der Waals surface area (Å²) >= 11 is 1.18. The first-order chi connectivity index (χ1) is 10.2. The van der Waals surface area contributed by atoms with Gasteiger partial charge in [0.15, 0.2) is 5.65 Å². The van der Waals surface area contributed by atoms with Crippen molar-refractivity contribution in [2.75, 3.05) is 18.4 Å². The number of sulfonamides is 1. The second kappa shape index (κ2) is 5.76. The molecule has 0 amide bonds. The zero-order valence-electron chi connectivity index (χ0n) is 10.8. The van der Waals surface area contributed by atoms with Crippen LogP contribution in [0.5, 0.6) is 0 Å². The van der Waals surface area contributed by atoms with Crippen LogP contribution in [0.25, 0.3) is 11.0 Å². The molecular formula is C11H12N6O2S2. The number of nitrogens with zero attached hydrogens (tertiary/aromatic N) is 3. The minimum absolute atomic E-state index is 0.254. The lowest BCUT2D eigenvalue weighted by molar-refractivity contribution is 0.585. The lowest BCUT2D eigenvalue weighted by Crippen LogP contribution is -2.28. The molecule has 0 saturated heterocycles. The van der Waals surface area contributed by atoms with Crippen molar-refractivity contribution in [2.45, 2.75) is 4.21 Å². The molecule has 0 spiro atoms. The van der Waals surface area contributed by atoms with Crippen LogP contribution >= 0.6 is 11.3 Å². The Morgan fingerprint density at radius 1 is 1.29 bits per heavy atom. The van der Waals surface area contributed by atoms with Gasteiger partial charge >= 0.3 is 0 Å². The molecule has 0 aliphatic carbocycles. The molecule has 8 nitrogen and oxygen atoms in total. The summed E-state index contributed by atoms with van der Waals surface area (Å²) in [6.45, 7) is 0.658. The zero-order chi connectivity index (χ0) is 14.7. The highest BCUT2D eigenvalue weighted by molar-refractivity contribution is 7.91. The fourth-order valence-electron chi connectivity index (χ4n) is 1.76. The molecule has 0 bridgehead atoms. The van der Waals surface area contributed by atoms with E-state index in [1.807, 2.05) is 0 Å². The van der Waals surface area contributed by atoms with Crippen LogP contribution in [0.1, 0.15) is 0 Å². The molecule has 21 heavy (non-hydrogen) atoms. The summed E-state index contributed by atoms with van der Waals surface area (Å²) in [4.78, 5) is 8.13. The number of aromatic nitrogens is 4. The summed E-state index contributed by atoms with van der Waals surface area (Å²) in [5.41, 5.74) is 0.631. The van der Waals surface area contributed by atoms with Crippen molar-refractivity contribution in [3.63, 3.8) is 0 Å². The highest BCUT2D eigenvalue weighted by atomic mass is 32.2. The average molecular weight is 324 g/mol. The highest BCUT2D eigenvalue weighted by Crippen LogP contribution is 2.16. The van der Waals surface area contributed by atoms with Gasteiger partial charge in [0.1, 0.15) is 16.4 Å². The van der Waals surface area contributed by atoms with Gasteiger partial charge in [0.05, 0.1) is 11.6 Å². The third-order valence-electron chi connectivity index (χ3n) is 2.72. The maximum Gasteiger partial charge on any atom is 0.250 e. The van der Waals surface area contributed by atoms with Crippen molar-refractivity contribution < 1.29 is 8.42 Å². The van der Waals surface area contributed by atoms with Gasteiger partial charge in [-0.15, -0.1) is 11.3 Å². The smallest absolute Gasteiger partial charge is 0.250 e. The van der Waals surface area contributed by atoms with Crippen LogP contribution in [-0.2, 0) is 10.0 Å². The van der Waals surface area contributed by atoms with Crippen molar-refractivity contribution in [3.8, 4) is 0 Å². The summed E-state index contributed by atoms with van der Waals surface area (Å²) in [6, 6.07) is 3.27. The van der Waals surface area contributed by atoms with Crippen molar-refractivity contribution in [1.82, 2.24) is 24.9 Å². The Balaban J connectivity index is 1.59. The minimum Gasteiger partial charge on any atom is -0.368 e. The molecule has 3 heterocycles. The number of thiophene rings is 1. The molecule has 0 fully saturated rings. The van der Waals surface area contributed by atoms with Crippen LogP contribution in [0, 0.1) is 0 Å². The topological polar surface area (TPSA) is 113 Å². The zero-order valence-corrected chi connectivity index (χ0v) is 12.4. The van der Waals surface area contributed by atoms with Gasteiger partial charge in [0.25, 0.3) is 0 Å². The van der Waals surface area contributed by atoms with Crippen LogP contribution in [0.3, 0.4) is 0 Å². The van der Waals surface area contributed by atoms with E-state index in [9.17, 15) is 8.42 Å². The van der Waals surface area contributed by atoms with Crippen molar-refractivity contribution in [3.05, 3.63) is 30.0 Å². The predicted molar refractivity (Wildman–Crippen MR) is 79.7 cm³/mol. The summed E-state index contributed by atoms with van der Waals surface area (Å²) in [5.74, 6) is 0.615. The van der Waals surface area contributed by atoms with E-state index in [0.29, 0.717) is 22.2 Å². The summed E-state index contributed by atoms with van der Waals surface area (Å²) < 4.78 is 26.6. The quantitative estimate of drug-likeness (QED) is 0.578. The molecule has 10 heteroatoms. The molecule has 0 unspecified atom stereocenters. The van der Waals surface area contributed by atoms with Crippen LogP contribution in [0.2, 0.25) is 0 Å². The van der Waals surface area contributed by atoms with E-state index in [-0.39, 0.29) is 6.54 Å². The molecule has 0 radical (unpaired) electrons. The normalized spacial score (nSPS) is 11.8. The van der Waals surface area contributed by atoms with Crippen LogP contribution in [0.15, 0.2) is 34.2 Å². The lowest BCUT2D eigenvalue weighted by atomic mass is 10.4. The Bertz CT molecular complexity index is 827. The van der Waals surface area contributed by atoms with E-state index in [1.165, 1.54) is 17.7 Å². The molecule has 0 saturated carbocycles. The monoisotopic (exact) mass is 324 g/mol. The molecule has 3 aromatic rings. The second-order valence-electron chi connectivity index (χ2n) is 4.11. The average Bonchev–Trinajstić information content (AvgIpc) is 3.14. The van der Waals surface area contributed by atoms with Gasteiger partial charge in [0, 0.05) is 13.1 Å². The third kappa shape index (κ3) is 3.01. The first-order valence-corrected chi connectivity index (χ1v) is 8.44. The van der Waals surface area contributed by atoms with Gasteiger partial charge < -0.3 is 5.32 Å². The van der Waals surface area contributed by atoms with E-state index >= 15 is 0 Å². The molecule has 0 aliphatic heterocycles. The Labute approximate surface area is 124 Å². The van der Waals surface area contributed by atoms with Crippen LogP contribution < -0.4 is 10.0 Å². The van der Waals surface area contributed by atoms with Crippen LogP contribution in [-0.4, -0.2) is 41.7 Å². The SMILES string of the molecule is O=S(=O)(NCCNc1ncnc2[nH]ncc12)c1cccs1. The first kappa shape index (κ1) is 13.9. The number of anilines is 1. The molecule has 0 atom stereocenters. The number of hydrogen-bond acceptors (Lipinski definition) is 7. The molecule has 0 aromatic carbocycles. The van der Waals surface area contributed by atoms with Crippen molar-refractivity contribution in [2.24, 2.45) is 0 Å². The molecule has 3 rings (SSSR count). The summed E-state index contributed by atoms with van der Waals surface area (Å²) in [6.07, 6.45) is 3.03. The number of nitrogens with one attached hydrogen (secondary N) is 3. The van der Waals surface area contributed by atoms with Gasteiger partial charge in [0.2, 0.25) is 10.0 Å². The first-order valence-electron chi connectivity index (χ1n) is 6.08. The molecule has 110 valence electrons. The van der Waals surface area contributed by atoms with Gasteiger partial charge in [-0.3, -0.25) is 5.10 Å². The van der Waals surface area contributed by atoms with E-state index in [2.05, 4.69) is 30.2 Å². The third-order valence-corrected chi connectivity index (χ3v) is 5.58. The van der Waals surface area contributed by atoms with Crippen LogP contribution in [0.4, 0.5) is 5.82 Å². The summed E-state index contributed by atoms with van der Waals surface area (Å²) in [7, 11) is -3.43. The molecule has 3 N–H and O–H groups in total. The Hall–Kier alpha value is -2.04. The maximum atomic E-state index is 11.9. The summed E-state index contributed by atoms with van der Waals surface area (Å²) in [5, 5.41) is 12.2. The van der Waals surface area contributed by atoms with Crippen molar-refractivity contribution >= 4 is 38.2 Å². The number of H-pyrrole nitrogens is 1. The van der Waals surface area contributed by atoms with E-state index < -0.39 is 10.0 Å². The number of rotatable bonds is 6.